The maximum absolute atomic E-state index is 11.6. The molecular formula is C26H38N2O2. The highest BCUT2D eigenvalue weighted by Gasteiger charge is 2.10. The van der Waals surface area contributed by atoms with Gasteiger partial charge in [-0.25, -0.2) is 9.97 Å². The highest BCUT2D eigenvalue weighted by Crippen LogP contribution is 2.18. The first-order valence-electron chi connectivity index (χ1n) is 11.7. The zero-order valence-electron chi connectivity index (χ0n) is 19.0. The summed E-state index contributed by atoms with van der Waals surface area (Å²) < 4.78 is 5.42. The van der Waals surface area contributed by atoms with Crippen LogP contribution in [0.25, 0.3) is 11.4 Å². The molecule has 4 heteroatoms. The third-order valence-electron chi connectivity index (χ3n) is 5.30. The lowest BCUT2D eigenvalue weighted by Gasteiger charge is -2.13. The van der Waals surface area contributed by atoms with Crippen LogP contribution in [0.1, 0.15) is 89.7 Å². The van der Waals surface area contributed by atoms with Gasteiger partial charge in [-0.2, -0.15) is 0 Å². The molecular weight excluding hydrogens is 372 g/mol. The molecule has 4 nitrogen and oxygen atoms in total. The van der Waals surface area contributed by atoms with Gasteiger partial charge in [-0.15, -0.1) is 0 Å². The molecule has 0 amide bonds. The Hall–Kier alpha value is -2.23. The van der Waals surface area contributed by atoms with Crippen molar-refractivity contribution < 1.29 is 9.53 Å². The number of unbranched alkanes of at least 4 members (excludes halogenated alkanes) is 6. The molecule has 1 aromatic heterocycles. The van der Waals surface area contributed by atoms with E-state index in [1.807, 2.05) is 38.4 Å². The Balaban J connectivity index is 1.77. The number of hydrogen-bond donors (Lipinski definition) is 0. The smallest absolute Gasteiger partial charge is 0.306 e. The number of carbonyl (C=O) groups is 1. The summed E-state index contributed by atoms with van der Waals surface area (Å²) in [5, 5.41) is 0. The van der Waals surface area contributed by atoms with Gasteiger partial charge in [-0.3, -0.25) is 4.79 Å². The maximum atomic E-state index is 11.6. The van der Waals surface area contributed by atoms with Crippen molar-refractivity contribution >= 4 is 5.97 Å². The van der Waals surface area contributed by atoms with Crippen molar-refractivity contribution in [3.63, 3.8) is 0 Å². The maximum Gasteiger partial charge on any atom is 0.306 e. The van der Waals surface area contributed by atoms with Crippen LogP contribution < -0.4 is 0 Å². The topological polar surface area (TPSA) is 52.1 Å². The highest BCUT2D eigenvalue weighted by atomic mass is 16.5. The summed E-state index contributed by atoms with van der Waals surface area (Å²) in [6.07, 6.45) is 16.1. The van der Waals surface area contributed by atoms with Gasteiger partial charge in [0.1, 0.15) is 6.10 Å². The number of nitrogens with zero attached hydrogens (tertiary/aromatic N) is 2. The number of aryl methyl sites for hydroxylation is 1. The SMILES string of the molecule is CCCCCCCCCc1cnc(-c2ccc(CC(C)OC(=O)CCC)cc2)nc1. The first kappa shape index (κ1) is 24.0. The van der Waals surface area contributed by atoms with Crippen LogP contribution in [0, 0.1) is 0 Å². The lowest BCUT2D eigenvalue weighted by Crippen LogP contribution is -2.16. The fourth-order valence-electron chi connectivity index (χ4n) is 3.57. The number of esters is 1. The second kappa shape index (κ2) is 13.9. The Labute approximate surface area is 182 Å². The van der Waals surface area contributed by atoms with E-state index in [1.165, 1.54) is 50.5 Å². The Bertz CT molecular complexity index is 726. The minimum atomic E-state index is -0.119. The summed E-state index contributed by atoms with van der Waals surface area (Å²) in [5.74, 6) is 0.638. The van der Waals surface area contributed by atoms with Crippen LogP contribution in [0.4, 0.5) is 0 Å². The summed E-state index contributed by atoms with van der Waals surface area (Å²) in [6, 6.07) is 8.22. The predicted molar refractivity (Wildman–Crippen MR) is 123 cm³/mol. The van der Waals surface area contributed by atoms with Crippen LogP contribution >= 0.6 is 0 Å². The summed E-state index contributed by atoms with van der Waals surface area (Å²) in [5.41, 5.74) is 3.37. The van der Waals surface area contributed by atoms with Gasteiger partial charge in [0, 0.05) is 30.8 Å². The van der Waals surface area contributed by atoms with Crippen LogP contribution in [0.3, 0.4) is 0 Å². The second-order valence-electron chi connectivity index (χ2n) is 8.24. The van der Waals surface area contributed by atoms with E-state index in [0.717, 1.165) is 29.8 Å². The Kier molecular flexibility index (Phi) is 11.1. The fraction of sp³-hybridized carbons (Fsp3) is 0.577. The van der Waals surface area contributed by atoms with E-state index in [9.17, 15) is 4.79 Å². The zero-order valence-corrected chi connectivity index (χ0v) is 19.0. The van der Waals surface area contributed by atoms with Gasteiger partial charge < -0.3 is 4.74 Å². The average molecular weight is 411 g/mol. The number of benzene rings is 1. The van der Waals surface area contributed by atoms with Gasteiger partial charge in [0.2, 0.25) is 0 Å². The standard InChI is InChI=1S/C26H38N2O2/c1-4-6-7-8-9-10-11-13-23-19-27-26(28-20-23)24-16-14-22(15-17-24)18-21(3)30-25(29)12-5-2/h14-17,19-21H,4-13,18H2,1-3H3. The molecule has 1 atom stereocenters. The summed E-state index contributed by atoms with van der Waals surface area (Å²) in [6.45, 7) is 6.18. The normalized spacial score (nSPS) is 12.0. The van der Waals surface area contributed by atoms with Crippen molar-refractivity contribution in [1.29, 1.82) is 0 Å². The molecule has 0 saturated heterocycles. The number of hydrogen-bond acceptors (Lipinski definition) is 4. The number of aromatic nitrogens is 2. The summed E-state index contributed by atoms with van der Waals surface area (Å²) in [7, 11) is 0. The molecule has 1 aromatic carbocycles. The highest BCUT2D eigenvalue weighted by molar-refractivity contribution is 5.69. The number of ether oxygens (including phenoxy) is 1. The summed E-state index contributed by atoms with van der Waals surface area (Å²) >= 11 is 0. The fourth-order valence-corrected chi connectivity index (χ4v) is 3.57. The van der Waals surface area contributed by atoms with Gasteiger partial charge in [-0.1, -0.05) is 76.6 Å². The van der Waals surface area contributed by atoms with Gasteiger partial charge in [0.25, 0.3) is 0 Å². The van der Waals surface area contributed by atoms with E-state index in [2.05, 4.69) is 29.0 Å². The number of rotatable bonds is 14. The Morgan fingerprint density at radius 1 is 0.867 bits per heavy atom. The molecule has 0 bridgehead atoms. The van der Waals surface area contributed by atoms with E-state index in [0.29, 0.717) is 12.8 Å². The minimum Gasteiger partial charge on any atom is -0.462 e. The van der Waals surface area contributed by atoms with Crippen molar-refractivity contribution in [2.75, 3.05) is 0 Å². The molecule has 1 heterocycles. The molecule has 0 aliphatic rings. The molecule has 0 aliphatic carbocycles. The van der Waals surface area contributed by atoms with Crippen molar-refractivity contribution in [3.8, 4) is 11.4 Å². The molecule has 0 radical (unpaired) electrons. The van der Waals surface area contributed by atoms with Gasteiger partial charge in [0.15, 0.2) is 5.82 Å². The van der Waals surface area contributed by atoms with E-state index < -0.39 is 0 Å². The molecule has 0 fully saturated rings. The van der Waals surface area contributed by atoms with Gasteiger partial charge in [0.05, 0.1) is 0 Å². The van der Waals surface area contributed by atoms with E-state index in [-0.39, 0.29) is 12.1 Å². The lowest BCUT2D eigenvalue weighted by molar-refractivity contribution is -0.148. The minimum absolute atomic E-state index is 0.114. The van der Waals surface area contributed by atoms with E-state index in [1.54, 1.807) is 0 Å². The van der Waals surface area contributed by atoms with E-state index >= 15 is 0 Å². The third-order valence-corrected chi connectivity index (χ3v) is 5.30. The molecule has 0 aliphatic heterocycles. The van der Waals surface area contributed by atoms with Gasteiger partial charge >= 0.3 is 5.97 Å². The molecule has 2 aromatic rings. The van der Waals surface area contributed by atoms with Crippen LogP contribution in [0.15, 0.2) is 36.7 Å². The first-order valence-corrected chi connectivity index (χ1v) is 11.7. The second-order valence-corrected chi connectivity index (χ2v) is 8.24. The molecule has 30 heavy (non-hydrogen) atoms. The van der Waals surface area contributed by atoms with Crippen LogP contribution in [0.2, 0.25) is 0 Å². The van der Waals surface area contributed by atoms with Crippen molar-refractivity contribution in [2.45, 2.75) is 97.5 Å². The largest absolute Gasteiger partial charge is 0.462 e. The van der Waals surface area contributed by atoms with Crippen LogP contribution in [-0.2, 0) is 22.4 Å². The predicted octanol–water partition coefficient (Wildman–Crippen LogP) is 6.71. The Morgan fingerprint density at radius 2 is 1.50 bits per heavy atom. The molecule has 1 unspecified atom stereocenters. The third kappa shape index (κ3) is 9.06. The van der Waals surface area contributed by atoms with Crippen molar-refractivity contribution in [3.05, 3.63) is 47.8 Å². The van der Waals surface area contributed by atoms with Crippen molar-refractivity contribution in [1.82, 2.24) is 9.97 Å². The number of carbonyl (C=O) groups excluding carboxylic acids is 1. The molecule has 0 spiro atoms. The van der Waals surface area contributed by atoms with Crippen LogP contribution in [-0.4, -0.2) is 22.0 Å². The summed E-state index contributed by atoms with van der Waals surface area (Å²) in [4.78, 5) is 20.7. The quantitative estimate of drug-likeness (QED) is 0.256. The first-order chi connectivity index (χ1) is 14.6. The van der Waals surface area contributed by atoms with Gasteiger partial charge in [-0.05, 0) is 37.3 Å². The van der Waals surface area contributed by atoms with Crippen molar-refractivity contribution in [2.24, 2.45) is 0 Å². The monoisotopic (exact) mass is 410 g/mol. The molecule has 0 N–H and O–H groups in total. The van der Waals surface area contributed by atoms with E-state index in [4.69, 9.17) is 4.74 Å². The lowest BCUT2D eigenvalue weighted by atomic mass is 10.1. The Morgan fingerprint density at radius 3 is 2.13 bits per heavy atom. The van der Waals surface area contributed by atoms with Crippen LogP contribution in [0.5, 0.6) is 0 Å². The molecule has 0 saturated carbocycles. The average Bonchev–Trinajstić information content (AvgIpc) is 2.74. The molecule has 2 rings (SSSR count). The zero-order chi connectivity index (χ0) is 21.6. The molecule has 164 valence electrons.